The molecule has 0 spiro atoms. The van der Waals surface area contributed by atoms with Gasteiger partial charge in [0.05, 0.1) is 24.6 Å². The SMILES string of the molecule is COc1ccc(NC(=O)CNc2ccc(C(=O)NC(C)(C)C)cc2)c([N+](=O)[O-])c1. The second-order valence-electron chi connectivity index (χ2n) is 7.32. The molecule has 0 fully saturated rings. The van der Waals surface area contributed by atoms with Gasteiger partial charge >= 0.3 is 0 Å². The Labute approximate surface area is 168 Å². The average Bonchev–Trinajstić information content (AvgIpc) is 2.65. The topological polar surface area (TPSA) is 123 Å². The molecule has 9 heteroatoms. The van der Waals surface area contributed by atoms with Crippen molar-refractivity contribution < 1.29 is 19.2 Å². The maximum atomic E-state index is 12.2. The molecule has 0 saturated carbocycles. The van der Waals surface area contributed by atoms with E-state index in [1.54, 1.807) is 24.3 Å². The monoisotopic (exact) mass is 400 g/mol. The lowest BCUT2D eigenvalue weighted by Gasteiger charge is -2.20. The third-order valence-electron chi connectivity index (χ3n) is 3.76. The highest BCUT2D eigenvalue weighted by Gasteiger charge is 2.17. The van der Waals surface area contributed by atoms with Gasteiger partial charge in [0, 0.05) is 16.8 Å². The number of nitro benzene ring substituents is 1. The van der Waals surface area contributed by atoms with Crippen LogP contribution in [0.15, 0.2) is 42.5 Å². The molecule has 0 unspecified atom stereocenters. The van der Waals surface area contributed by atoms with Crippen LogP contribution in [0.2, 0.25) is 0 Å². The summed E-state index contributed by atoms with van der Waals surface area (Å²) < 4.78 is 4.97. The van der Waals surface area contributed by atoms with Crippen LogP contribution in [0.5, 0.6) is 5.75 Å². The highest BCUT2D eigenvalue weighted by molar-refractivity contribution is 5.96. The summed E-state index contributed by atoms with van der Waals surface area (Å²) in [7, 11) is 1.40. The first-order valence-corrected chi connectivity index (χ1v) is 8.88. The molecule has 0 heterocycles. The van der Waals surface area contributed by atoms with Crippen molar-refractivity contribution in [2.24, 2.45) is 0 Å². The number of nitrogens with one attached hydrogen (secondary N) is 3. The number of hydrogen-bond donors (Lipinski definition) is 3. The summed E-state index contributed by atoms with van der Waals surface area (Å²) in [6.07, 6.45) is 0. The maximum absolute atomic E-state index is 12.2. The van der Waals surface area contributed by atoms with Gasteiger partial charge in [-0.15, -0.1) is 0 Å². The van der Waals surface area contributed by atoms with Crippen LogP contribution in [-0.4, -0.2) is 35.9 Å². The molecule has 0 aromatic heterocycles. The van der Waals surface area contributed by atoms with Crippen molar-refractivity contribution in [1.29, 1.82) is 0 Å². The van der Waals surface area contributed by atoms with E-state index in [0.29, 0.717) is 17.0 Å². The molecule has 2 aromatic carbocycles. The van der Waals surface area contributed by atoms with Crippen molar-refractivity contribution in [2.75, 3.05) is 24.3 Å². The Morgan fingerprint density at radius 3 is 2.31 bits per heavy atom. The number of amides is 2. The number of rotatable bonds is 7. The van der Waals surface area contributed by atoms with E-state index in [-0.39, 0.29) is 29.4 Å². The Morgan fingerprint density at radius 1 is 1.10 bits per heavy atom. The van der Waals surface area contributed by atoms with Crippen LogP contribution in [-0.2, 0) is 4.79 Å². The van der Waals surface area contributed by atoms with E-state index < -0.39 is 10.8 Å². The Bertz CT molecular complexity index is 904. The van der Waals surface area contributed by atoms with Crippen molar-refractivity contribution in [3.63, 3.8) is 0 Å². The lowest BCUT2D eigenvalue weighted by atomic mass is 10.1. The third kappa shape index (κ3) is 6.49. The van der Waals surface area contributed by atoms with Crippen molar-refractivity contribution in [3.8, 4) is 5.75 Å². The normalized spacial score (nSPS) is 10.8. The molecule has 29 heavy (non-hydrogen) atoms. The fourth-order valence-corrected chi connectivity index (χ4v) is 2.42. The predicted molar refractivity (Wildman–Crippen MR) is 110 cm³/mol. The highest BCUT2D eigenvalue weighted by Crippen LogP contribution is 2.28. The number of nitro groups is 1. The zero-order chi connectivity index (χ0) is 21.6. The van der Waals surface area contributed by atoms with Gasteiger partial charge < -0.3 is 20.7 Å². The molecule has 0 bridgehead atoms. The first-order valence-electron chi connectivity index (χ1n) is 8.88. The number of anilines is 2. The number of methoxy groups -OCH3 is 1. The summed E-state index contributed by atoms with van der Waals surface area (Å²) in [6, 6.07) is 10.8. The molecular formula is C20H24N4O5. The Kier molecular flexibility index (Phi) is 6.76. The van der Waals surface area contributed by atoms with Crippen LogP contribution < -0.4 is 20.7 Å². The second-order valence-corrected chi connectivity index (χ2v) is 7.32. The predicted octanol–water partition coefficient (Wildman–Crippen LogP) is 3.18. The summed E-state index contributed by atoms with van der Waals surface area (Å²) in [4.78, 5) is 34.9. The first kappa shape index (κ1) is 21.7. The molecule has 0 saturated heterocycles. The van der Waals surface area contributed by atoms with Gasteiger partial charge in [0.1, 0.15) is 11.4 Å². The van der Waals surface area contributed by atoms with Gasteiger partial charge in [0.2, 0.25) is 5.91 Å². The van der Waals surface area contributed by atoms with Crippen molar-refractivity contribution in [2.45, 2.75) is 26.3 Å². The molecule has 0 aliphatic heterocycles. The summed E-state index contributed by atoms with van der Waals surface area (Å²) in [5, 5.41) is 19.5. The molecule has 2 rings (SSSR count). The Hall–Kier alpha value is -3.62. The van der Waals surface area contributed by atoms with E-state index in [0.717, 1.165) is 0 Å². The number of nitrogens with zero attached hydrogens (tertiary/aromatic N) is 1. The molecular weight excluding hydrogens is 376 g/mol. The Balaban J connectivity index is 1.96. The fraction of sp³-hybridized carbons (Fsp3) is 0.300. The van der Waals surface area contributed by atoms with Crippen molar-refractivity contribution >= 4 is 28.9 Å². The molecule has 9 nitrogen and oxygen atoms in total. The molecule has 154 valence electrons. The summed E-state index contributed by atoms with van der Waals surface area (Å²) in [6.45, 7) is 5.59. The number of hydrogen-bond acceptors (Lipinski definition) is 6. The molecule has 2 amide bonds. The van der Waals surface area contributed by atoms with Gasteiger partial charge in [-0.3, -0.25) is 19.7 Å². The largest absolute Gasteiger partial charge is 0.496 e. The smallest absolute Gasteiger partial charge is 0.296 e. The minimum Gasteiger partial charge on any atom is -0.496 e. The standard InChI is InChI=1S/C20H24N4O5/c1-20(2,3)23-19(26)13-5-7-14(8-6-13)21-12-18(25)22-16-10-9-15(29-4)11-17(16)24(27)28/h5-11,21H,12H2,1-4H3,(H,22,25)(H,23,26). The molecule has 0 aliphatic rings. The van der Waals surface area contributed by atoms with Crippen molar-refractivity contribution in [1.82, 2.24) is 5.32 Å². The van der Waals surface area contributed by atoms with Crippen LogP contribution >= 0.6 is 0 Å². The van der Waals surface area contributed by atoms with E-state index in [4.69, 9.17) is 4.74 Å². The van der Waals surface area contributed by atoms with E-state index in [9.17, 15) is 19.7 Å². The number of carbonyl (C=O) groups excluding carboxylic acids is 2. The van der Waals surface area contributed by atoms with Gasteiger partial charge in [-0.2, -0.15) is 0 Å². The number of benzene rings is 2. The van der Waals surface area contributed by atoms with Gasteiger partial charge in [0.25, 0.3) is 11.6 Å². The van der Waals surface area contributed by atoms with E-state index in [1.807, 2.05) is 20.8 Å². The van der Waals surface area contributed by atoms with Crippen LogP contribution in [0.25, 0.3) is 0 Å². The van der Waals surface area contributed by atoms with Crippen LogP contribution in [0.4, 0.5) is 17.1 Å². The lowest BCUT2D eigenvalue weighted by molar-refractivity contribution is -0.384. The van der Waals surface area contributed by atoms with Gasteiger partial charge in [0.15, 0.2) is 0 Å². The highest BCUT2D eigenvalue weighted by atomic mass is 16.6. The van der Waals surface area contributed by atoms with Gasteiger partial charge in [-0.05, 0) is 57.2 Å². The average molecular weight is 400 g/mol. The number of ether oxygens (including phenoxy) is 1. The Morgan fingerprint density at radius 2 is 1.76 bits per heavy atom. The molecule has 3 N–H and O–H groups in total. The maximum Gasteiger partial charge on any atom is 0.296 e. The third-order valence-corrected chi connectivity index (χ3v) is 3.76. The van der Waals surface area contributed by atoms with Crippen molar-refractivity contribution in [3.05, 3.63) is 58.1 Å². The van der Waals surface area contributed by atoms with Crippen LogP contribution in [0, 0.1) is 10.1 Å². The van der Waals surface area contributed by atoms with Crippen LogP contribution in [0.3, 0.4) is 0 Å². The zero-order valence-electron chi connectivity index (χ0n) is 16.7. The number of carbonyl (C=O) groups is 2. The minimum atomic E-state index is -0.590. The van der Waals surface area contributed by atoms with E-state index in [2.05, 4.69) is 16.0 Å². The quantitative estimate of drug-likeness (QED) is 0.485. The second kappa shape index (κ2) is 9.05. The first-order chi connectivity index (χ1) is 13.6. The van der Waals surface area contributed by atoms with E-state index in [1.165, 1.54) is 25.3 Å². The molecule has 2 aromatic rings. The summed E-state index contributed by atoms with van der Waals surface area (Å²) in [5.41, 5.74) is 0.625. The molecule has 0 aliphatic carbocycles. The summed E-state index contributed by atoms with van der Waals surface area (Å²) >= 11 is 0. The fourth-order valence-electron chi connectivity index (χ4n) is 2.42. The van der Waals surface area contributed by atoms with E-state index >= 15 is 0 Å². The molecule has 0 radical (unpaired) electrons. The van der Waals surface area contributed by atoms with Gasteiger partial charge in [-0.25, -0.2) is 0 Å². The summed E-state index contributed by atoms with van der Waals surface area (Å²) in [5.74, 6) is -0.315. The van der Waals surface area contributed by atoms with Crippen LogP contribution in [0.1, 0.15) is 31.1 Å². The minimum absolute atomic E-state index is 0.0804. The molecule has 0 atom stereocenters. The lowest BCUT2D eigenvalue weighted by Crippen LogP contribution is -2.40. The van der Waals surface area contributed by atoms with Gasteiger partial charge in [-0.1, -0.05) is 0 Å². The zero-order valence-corrected chi connectivity index (χ0v) is 16.7.